The number of nitro groups is 1. The summed E-state index contributed by atoms with van der Waals surface area (Å²) in [4.78, 5) is 26.6. The van der Waals surface area contributed by atoms with Gasteiger partial charge in [0.25, 0.3) is 5.69 Å². The van der Waals surface area contributed by atoms with Crippen molar-refractivity contribution in [1.82, 2.24) is 9.55 Å². The topological polar surface area (TPSA) is 90.1 Å². The van der Waals surface area contributed by atoms with Crippen molar-refractivity contribution in [2.45, 2.75) is 6.54 Å². The highest BCUT2D eigenvalue weighted by Crippen LogP contribution is 2.26. The number of amides is 1. The van der Waals surface area contributed by atoms with Crippen LogP contribution in [0.3, 0.4) is 0 Å². The molecule has 3 aromatic rings. The molecule has 0 bridgehead atoms. The maximum Gasteiger partial charge on any atom is 0.271 e. The van der Waals surface area contributed by atoms with E-state index in [0.717, 1.165) is 11.0 Å². The van der Waals surface area contributed by atoms with Crippen LogP contribution in [0.2, 0.25) is 5.02 Å². The smallest absolute Gasteiger partial charge is 0.271 e. The predicted octanol–water partition coefficient (Wildman–Crippen LogP) is 3.24. The van der Waals surface area contributed by atoms with Crippen LogP contribution in [-0.2, 0) is 11.3 Å². The van der Waals surface area contributed by atoms with Crippen LogP contribution in [-0.4, -0.2) is 20.4 Å². The molecule has 0 fully saturated rings. The Hall–Kier alpha value is -2.93. The first-order chi connectivity index (χ1) is 11.0. The highest BCUT2D eigenvalue weighted by atomic mass is 35.5. The SMILES string of the molecule is O=C(Cn1cnc2ccccc21)Nc1cc([N+](=O)[O-])ccc1Cl. The Morgan fingerprint density at radius 2 is 2.09 bits per heavy atom. The molecule has 8 heteroatoms. The van der Waals surface area contributed by atoms with Crippen LogP contribution >= 0.6 is 11.6 Å². The molecular weight excluding hydrogens is 320 g/mol. The number of nitrogens with zero attached hydrogens (tertiary/aromatic N) is 3. The average Bonchev–Trinajstić information content (AvgIpc) is 2.92. The molecule has 116 valence electrons. The van der Waals surface area contributed by atoms with Crippen molar-refractivity contribution in [3.05, 3.63) is 63.9 Å². The van der Waals surface area contributed by atoms with Gasteiger partial charge in [0.2, 0.25) is 5.91 Å². The zero-order valence-electron chi connectivity index (χ0n) is 11.8. The van der Waals surface area contributed by atoms with Crippen molar-refractivity contribution in [2.24, 2.45) is 0 Å². The first kappa shape index (κ1) is 15.0. The Labute approximate surface area is 135 Å². The minimum atomic E-state index is -0.546. The normalized spacial score (nSPS) is 10.7. The summed E-state index contributed by atoms with van der Waals surface area (Å²) in [5, 5.41) is 13.6. The number of anilines is 1. The molecule has 1 heterocycles. The number of halogens is 1. The standard InChI is InChI=1S/C15H11ClN4O3/c16-11-6-5-10(20(22)23)7-13(11)18-15(21)8-19-9-17-12-3-1-2-4-14(12)19/h1-7,9H,8H2,(H,18,21). The van der Waals surface area contributed by atoms with Crippen molar-refractivity contribution >= 4 is 39.9 Å². The fourth-order valence-electron chi connectivity index (χ4n) is 2.20. The Bertz CT molecular complexity index is 907. The number of carbonyl (C=O) groups is 1. The molecule has 1 amide bonds. The van der Waals surface area contributed by atoms with E-state index in [0.29, 0.717) is 0 Å². The van der Waals surface area contributed by atoms with Crippen molar-refractivity contribution < 1.29 is 9.72 Å². The second kappa shape index (κ2) is 6.05. The predicted molar refractivity (Wildman–Crippen MR) is 86.5 cm³/mol. The summed E-state index contributed by atoms with van der Waals surface area (Å²) in [5.74, 6) is -0.351. The number of rotatable bonds is 4. The minimum absolute atomic E-state index is 0.0273. The summed E-state index contributed by atoms with van der Waals surface area (Å²) < 4.78 is 1.69. The van der Waals surface area contributed by atoms with Gasteiger partial charge in [-0.05, 0) is 18.2 Å². The fourth-order valence-corrected chi connectivity index (χ4v) is 2.37. The van der Waals surface area contributed by atoms with Crippen molar-refractivity contribution in [1.29, 1.82) is 0 Å². The molecule has 1 N–H and O–H groups in total. The van der Waals surface area contributed by atoms with E-state index in [4.69, 9.17) is 11.6 Å². The maximum absolute atomic E-state index is 12.2. The van der Waals surface area contributed by atoms with Crippen LogP contribution in [0.25, 0.3) is 11.0 Å². The molecule has 0 spiro atoms. The molecule has 7 nitrogen and oxygen atoms in total. The molecule has 2 aromatic carbocycles. The molecule has 0 unspecified atom stereocenters. The van der Waals surface area contributed by atoms with E-state index in [-0.39, 0.29) is 28.8 Å². The van der Waals surface area contributed by atoms with Gasteiger partial charge < -0.3 is 9.88 Å². The quantitative estimate of drug-likeness (QED) is 0.587. The van der Waals surface area contributed by atoms with Gasteiger partial charge in [0.15, 0.2) is 0 Å². The molecule has 0 radical (unpaired) electrons. The van der Waals surface area contributed by atoms with Crippen LogP contribution in [0.1, 0.15) is 0 Å². The Morgan fingerprint density at radius 3 is 2.87 bits per heavy atom. The molecule has 0 saturated heterocycles. The van der Waals surface area contributed by atoms with Gasteiger partial charge in [-0.25, -0.2) is 4.98 Å². The number of aromatic nitrogens is 2. The van der Waals surface area contributed by atoms with Gasteiger partial charge in [-0.15, -0.1) is 0 Å². The van der Waals surface area contributed by atoms with Gasteiger partial charge in [-0.2, -0.15) is 0 Å². The highest BCUT2D eigenvalue weighted by molar-refractivity contribution is 6.33. The molecular formula is C15H11ClN4O3. The third kappa shape index (κ3) is 3.14. The van der Waals surface area contributed by atoms with Crippen molar-refractivity contribution in [3.63, 3.8) is 0 Å². The third-order valence-corrected chi connectivity index (χ3v) is 3.61. The molecule has 0 saturated carbocycles. The highest BCUT2D eigenvalue weighted by Gasteiger charge is 2.13. The van der Waals surface area contributed by atoms with Gasteiger partial charge in [0, 0.05) is 12.1 Å². The number of non-ortho nitro benzene ring substituents is 1. The number of fused-ring (bicyclic) bond motifs is 1. The number of hydrogen-bond acceptors (Lipinski definition) is 4. The largest absolute Gasteiger partial charge is 0.323 e. The summed E-state index contributed by atoms with van der Waals surface area (Å²) in [7, 11) is 0. The summed E-state index contributed by atoms with van der Waals surface area (Å²) in [6.07, 6.45) is 1.57. The number of imidazole rings is 1. The van der Waals surface area contributed by atoms with Gasteiger partial charge in [0.05, 0.1) is 33.0 Å². The molecule has 0 aliphatic carbocycles. The molecule has 3 rings (SSSR count). The zero-order valence-corrected chi connectivity index (χ0v) is 12.5. The monoisotopic (exact) mass is 330 g/mol. The maximum atomic E-state index is 12.2. The lowest BCUT2D eigenvalue weighted by Crippen LogP contribution is -2.18. The zero-order chi connectivity index (χ0) is 16.4. The van der Waals surface area contributed by atoms with E-state index in [9.17, 15) is 14.9 Å². The van der Waals surface area contributed by atoms with E-state index < -0.39 is 4.92 Å². The van der Waals surface area contributed by atoms with E-state index in [1.807, 2.05) is 24.3 Å². The lowest BCUT2D eigenvalue weighted by Gasteiger charge is -2.08. The number of benzene rings is 2. The summed E-state index contributed by atoms with van der Waals surface area (Å²) in [6, 6.07) is 11.3. The number of nitro benzene ring substituents is 1. The van der Waals surface area contributed by atoms with Crippen molar-refractivity contribution in [2.75, 3.05) is 5.32 Å². The van der Waals surface area contributed by atoms with Crippen LogP contribution in [0.4, 0.5) is 11.4 Å². The second-order valence-corrected chi connectivity index (χ2v) is 5.24. The first-order valence-corrected chi connectivity index (χ1v) is 7.06. The Morgan fingerprint density at radius 1 is 1.30 bits per heavy atom. The number of hydrogen-bond donors (Lipinski definition) is 1. The minimum Gasteiger partial charge on any atom is -0.323 e. The summed E-state index contributed by atoms with van der Waals surface area (Å²) in [6.45, 7) is 0.0273. The summed E-state index contributed by atoms with van der Waals surface area (Å²) >= 11 is 5.97. The van der Waals surface area contributed by atoms with E-state index in [2.05, 4.69) is 10.3 Å². The van der Waals surface area contributed by atoms with Gasteiger partial charge >= 0.3 is 0 Å². The lowest BCUT2D eigenvalue weighted by atomic mass is 10.2. The first-order valence-electron chi connectivity index (χ1n) is 6.68. The second-order valence-electron chi connectivity index (χ2n) is 4.83. The van der Waals surface area contributed by atoms with Crippen LogP contribution in [0.15, 0.2) is 48.8 Å². The van der Waals surface area contributed by atoms with E-state index >= 15 is 0 Å². The number of carbonyl (C=O) groups excluding carboxylic acids is 1. The average molecular weight is 331 g/mol. The Kier molecular flexibility index (Phi) is 3.94. The molecule has 0 atom stereocenters. The van der Waals surface area contributed by atoms with E-state index in [1.54, 1.807) is 10.9 Å². The molecule has 23 heavy (non-hydrogen) atoms. The van der Waals surface area contributed by atoms with E-state index in [1.165, 1.54) is 18.2 Å². The molecule has 0 aliphatic rings. The fraction of sp³-hybridized carbons (Fsp3) is 0.0667. The Balaban J connectivity index is 1.80. The van der Waals surface area contributed by atoms with Gasteiger partial charge in [-0.3, -0.25) is 14.9 Å². The van der Waals surface area contributed by atoms with Gasteiger partial charge in [0.1, 0.15) is 6.54 Å². The van der Waals surface area contributed by atoms with Crippen LogP contribution in [0, 0.1) is 10.1 Å². The summed E-state index contributed by atoms with van der Waals surface area (Å²) in [5.41, 5.74) is 1.68. The van der Waals surface area contributed by atoms with Gasteiger partial charge in [-0.1, -0.05) is 23.7 Å². The number of para-hydroxylation sites is 2. The van der Waals surface area contributed by atoms with Crippen molar-refractivity contribution in [3.8, 4) is 0 Å². The lowest BCUT2D eigenvalue weighted by molar-refractivity contribution is -0.384. The van der Waals surface area contributed by atoms with Crippen LogP contribution in [0.5, 0.6) is 0 Å². The molecule has 0 aliphatic heterocycles. The third-order valence-electron chi connectivity index (χ3n) is 3.28. The number of nitrogens with one attached hydrogen (secondary N) is 1. The molecule has 1 aromatic heterocycles. The van der Waals surface area contributed by atoms with Crippen LogP contribution < -0.4 is 5.32 Å².